The second-order valence-electron chi connectivity index (χ2n) is 3.80. The van der Waals surface area contributed by atoms with E-state index in [1.807, 2.05) is 0 Å². The van der Waals surface area contributed by atoms with Gasteiger partial charge in [-0.3, -0.25) is 0 Å². The van der Waals surface area contributed by atoms with Crippen LogP contribution in [-0.4, -0.2) is 45.1 Å². The minimum atomic E-state index is -3.28. The van der Waals surface area contributed by atoms with Gasteiger partial charge in [0.25, 0.3) is 0 Å². The number of aliphatic hydroxyl groups is 1. The molecule has 0 unspecified atom stereocenters. The lowest BCUT2D eigenvalue weighted by Crippen LogP contribution is -2.39. The van der Waals surface area contributed by atoms with Gasteiger partial charge >= 0.3 is 0 Å². The maximum Gasteiger partial charge on any atom is 0.211 e. The highest BCUT2D eigenvalue weighted by Crippen LogP contribution is 1.99. The van der Waals surface area contributed by atoms with E-state index in [1.54, 1.807) is 13.8 Å². The summed E-state index contributed by atoms with van der Waals surface area (Å²) in [6.07, 6.45) is 0.456. The molecule has 5 nitrogen and oxygen atoms in total. The average Bonchev–Trinajstić information content (AvgIpc) is 2.00. The van der Waals surface area contributed by atoms with Crippen molar-refractivity contribution in [1.29, 1.82) is 0 Å². The van der Waals surface area contributed by atoms with Gasteiger partial charge in [-0.1, -0.05) is 0 Å². The standard InChI is InChI=1S/C8H19NO4S/c1-8(2,10)7-9-14(11,12)6-4-5-13-3/h9-10H,4-7H2,1-3H3. The van der Waals surface area contributed by atoms with Gasteiger partial charge in [-0.25, -0.2) is 13.1 Å². The van der Waals surface area contributed by atoms with E-state index in [2.05, 4.69) is 4.72 Å². The van der Waals surface area contributed by atoms with Crippen molar-refractivity contribution in [3.05, 3.63) is 0 Å². The van der Waals surface area contributed by atoms with Gasteiger partial charge in [-0.05, 0) is 20.3 Å². The van der Waals surface area contributed by atoms with Crippen molar-refractivity contribution in [1.82, 2.24) is 4.72 Å². The fraction of sp³-hybridized carbons (Fsp3) is 1.00. The summed E-state index contributed by atoms with van der Waals surface area (Å²) in [6, 6.07) is 0. The normalized spacial score (nSPS) is 13.1. The van der Waals surface area contributed by atoms with E-state index in [0.29, 0.717) is 13.0 Å². The van der Waals surface area contributed by atoms with E-state index >= 15 is 0 Å². The molecule has 0 rings (SSSR count). The van der Waals surface area contributed by atoms with E-state index in [9.17, 15) is 13.5 Å². The SMILES string of the molecule is COCCCS(=O)(=O)NCC(C)(C)O. The lowest BCUT2D eigenvalue weighted by Gasteiger charge is -2.17. The molecule has 0 saturated heterocycles. The molecular formula is C8H19NO4S. The van der Waals surface area contributed by atoms with E-state index in [4.69, 9.17) is 4.74 Å². The minimum absolute atomic E-state index is 0.0247. The molecule has 14 heavy (non-hydrogen) atoms. The van der Waals surface area contributed by atoms with E-state index in [1.165, 1.54) is 7.11 Å². The predicted octanol–water partition coefficient (Wildman–Crippen LogP) is -0.287. The predicted molar refractivity (Wildman–Crippen MR) is 54.6 cm³/mol. The smallest absolute Gasteiger partial charge is 0.211 e. The highest BCUT2D eigenvalue weighted by Gasteiger charge is 2.17. The Kier molecular flexibility index (Phi) is 5.58. The molecule has 0 aromatic heterocycles. The molecule has 0 aliphatic rings. The molecule has 0 aromatic rings. The first-order valence-electron chi connectivity index (χ1n) is 4.45. The van der Waals surface area contributed by atoms with Gasteiger partial charge in [0.2, 0.25) is 10.0 Å². The number of sulfonamides is 1. The van der Waals surface area contributed by atoms with Crippen molar-refractivity contribution in [3.63, 3.8) is 0 Å². The fourth-order valence-corrected chi connectivity index (χ4v) is 1.97. The Morgan fingerprint density at radius 2 is 2.00 bits per heavy atom. The summed E-state index contributed by atoms with van der Waals surface area (Å²) in [5.74, 6) is 0.0247. The van der Waals surface area contributed by atoms with Gasteiger partial charge in [0.15, 0.2) is 0 Å². The van der Waals surface area contributed by atoms with Crippen LogP contribution in [0.5, 0.6) is 0 Å². The zero-order valence-electron chi connectivity index (χ0n) is 8.91. The van der Waals surface area contributed by atoms with Crippen molar-refractivity contribution in [2.45, 2.75) is 25.9 Å². The van der Waals surface area contributed by atoms with Crippen molar-refractivity contribution >= 4 is 10.0 Å². The first kappa shape index (κ1) is 13.8. The topological polar surface area (TPSA) is 75.6 Å². The van der Waals surface area contributed by atoms with Crippen LogP contribution in [0.1, 0.15) is 20.3 Å². The molecule has 0 fully saturated rings. The van der Waals surface area contributed by atoms with Gasteiger partial charge in [0, 0.05) is 20.3 Å². The Balaban J connectivity index is 3.85. The Hall–Kier alpha value is -0.170. The zero-order chi connectivity index (χ0) is 11.2. The molecule has 6 heteroatoms. The number of ether oxygens (including phenoxy) is 1. The van der Waals surface area contributed by atoms with Gasteiger partial charge < -0.3 is 9.84 Å². The third-order valence-electron chi connectivity index (χ3n) is 1.49. The Bertz CT molecular complexity index is 243. The molecule has 0 radical (unpaired) electrons. The van der Waals surface area contributed by atoms with Crippen molar-refractivity contribution < 1.29 is 18.3 Å². The van der Waals surface area contributed by atoms with Crippen molar-refractivity contribution in [3.8, 4) is 0 Å². The van der Waals surface area contributed by atoms with E-state index < -0.39 is 15.6 Å². The highest BCUT2D eigenvalue weighted by molar-refractivity contribution is 7.89. The van der Waals surface area contributed by atoms with Crippen LogP contribution in [0, 0.1) is 0 Å². The summed E-state index contributed by atoms with van der Waals surface area (Å²) in [6.45, 7) is 3.54. The first-order chi connectivity index (χ1) is 6.27. The third kappa shape index (κ3) is 8.43. The summed E-state index contributed by atoms with van der Waals surface area (Å²) in [5, 5.41) is 9.30. The number of nitrogens with one attached hydrogen (secondary N) is 1. The Labute approximate surface area is 85.5 Å². The Morgan fingerprint density at radius 1 is 1.43 bits per heavy atom. The number of rotatable bonds is 7. The van der Waals surface area contributed by atoms with Crippen molar-refractivity contribution in [2.24, 2.45) is 0 Å². The van der Waals surface area contributed by atoms with Crippen LogP contribution in [0.4, 0.5) is 0 Å². The molecule has 0 amide bonds. The molecule has 0 bridgehead atoms. The zero-order valence-corrected chi connectivity index (χ0v) is 9.73. The molecule has 2 N–H and O–H groups in total. The summed E-state index contributed by atoms with van der Waals surface area (Å²) < 4.78 is 29.6. The first-order valence-corrected chi connectivity index (χ1v) is 6.11. The summed E-state index contributed by atoms with van der Waals surface area (Å²) in [4.78, 5) is 0. The van der Waals surface area contributed by atoms with Gasteiger partial charge in [-0.2, -0.15) is 0 Å². The molecule has 0 atom stereocenters. The highest BCUT2D eigenvalue weighted by atomic mass is 32.2. The molecule has 0 heterocycles. The lowest BCUT2D eigenvalue weighted by molar-refractivity contribution is 0.0857. The molecule has 0 aliphatic carbocycles. The quantitative estimate of drug-likeness (QED) is 0.584. The van der Waals surface area contributed by atoms with E-state index in [-0.39, 0.29) is 12.3 Å². The van der Waals surface area contributed by atoms with Gasteiger partial charge in [-0.15, -0.1) is 0 Å². The van der Waals surface area contributed by atoms with Crippen LogP contribution in [-0.2, 0) is 14.8 Å². The molecule has 0 aliphatic heterocycles. The van der Waals surface area contributed by atoms with Gasteiger partial charge in [0.05, 0.1) is 11.4 Å². The molecular weight excluding hydrogens is 206 g/mol. The minimum Gasteiger partial charge on any atom is -0.389 e. The molecule has 0 saturated carbocycles. The van der Waals surface area contributed by atoms with Crippen LogP contribution >= 0.6 is 0 Å². The van der Waals surface area contributed by atoms with Crippen molar-refractivity contribution in [2.75, 3.05) is 26.0 Å². The largest absolute Gasteiger partial charge is 0.389 e. The van der Waals surface area contributed by atoms with Gasteiger partial charge in [0.1, 0.15) is 0 Å². The monoisotopic (exact) mass is 225 g/mol. The van der Waals surface area contributed by atoms with E-state index in [0.717, 1.165) is 0 Å². The Morgan fingerprint density at radius 3 is 2.43 bits per heavy atom. The number of methoxy groups -OCH3 is 1. The fourth-order valence-electron chi connectivity index (χ4n) is 0.752. The van der Waals surface area contributed by atoms with Crippen LogP contribution in [0.15, 0.2) is 0 Å². The van der Waals surface area contributed by atoms with Crippen LogP contribution in [0.25, 0.3) is 0 Å². The second kappa shape index (κ2) is 5.65. The maximum atomic E-state index is 11.3. The van der Waals surface area contributed by atoms with Crippen LogP contribution in [0.2, 0.25) is 0 Å². The second-order valence-corrected chi connectivity index (χ2v) is 5.73. The maximum absolute atomic E-state index is 11.3. The third-order valence-corrected chi connectivity index (χ3v) is 2.90. The molecule has 0 spiro atoms. The lowest BCUT2D eigenvalue weighted by atomic mass is 10.1. The van der Waals surface area contributed by atoms with Crippen LogP contribution < -0.4 is 4.72 Å². The number of hydrogen-bond acceptors (Lipinski definition) is 4. The summed E-state index contributed by atoms with van der Waals surface area (Å²) in [5.41, 5.74) is -1.02. The molecule has 86 valence electrons. The summed E-state index contributed by atoms with van der Waals surface area (Å²) in [7, 11) is -1.75. The average molecular weight is 225 g/mol. The summed E-state index contributed by atoms with van der Waals surface area (Å²) >= 11 is 0. The van der Waals surface area contributed by atoms with Crippen LogP contribution in [0.3, 0.4) is 0 Å². The molecule has 0 aromatic carbocycles. The number of hydrogen-bond donors (Lipinski definition) is 2.